The van der Waals surface area contributed by atoms with Crippen molar-refractivity contribution in [1.82, 2.24) is 14.3 Å². The molecule has 0 spiro atoms. The van der Waals surface area contributed by atoms with Crippen molar-refractivity contribution < 1.29 is 13.3 Å². The van der Waals surface area contributed by atoms with Gasteiger partial charge in [-0.1, -0.05) is 30.3 Å². The summed E-state index contributed by atoms with van der Waals surface area (Å²) in [7, 11) is -0.929. The number of rotatable bonds is 5. The smallest absolute Gasteiger partial charge is 0.202 e. The van der Waals surface area contributed by atoms with Crippen LogP contribution in [0.5, 0.6) is 0 Å². The van der Waals surface area contributed by atoms with Crippen LogP contribution in [0.2, 0.25) is 0 Å². The summed E-state index contributed by atoms with van der Waals surface area (Å²) in [5.74, 6) is 1.63. The third kappa shape index (κ3) is 4.29. The molecule has 0 radical (unpaired) electrons. The molecule has 0 bridgehead atoms. The zero-order valence-corrected chi connectivity index (χ0v) is 17.8. The molecule has 1 saturated heterocycles. The minimum absolute atomic E-state index is 0.160. The third-order valence-corrected chi connectivity index (χ3v) is 8.15. The van der Waals surface area contributed by atoms with Crippen LogP contribution in [-0.4, -0.2) is 47.4 Å². The molecule has 2 aliphatic heterocycles. The van der Waals surface area contributed by atoms with Gasteiger partial charge in [0.15, 0.2) is 16.5 Å². The van der Waals surface area contributed by atoms with Crippen molar-refractivity contribution in [1.29, 1.82) is 0 Å². The maximum atomic E-state index is 11.7. The topological polar surface area (TPSA) is 61.3 Å². The number of quaternary nitrogens is 1. The minimum Gasteiger partial charge on any atom is -0.313 e. The molecule has 1 aromatic carbocycles. The van der Waals surface area contributed by atoms with Gasteiger partial charge < -0.3 is 9.47 Å². The Morgan fingerprint density at radius 3 is 2.71 bits per heavy atom. The fourth-order valence-corrected chi connectivity index (χ4v) is 6.23. The quantitative estimate of drug-likeness (QED) is 0.742. The number of sulfone groups is 1. The standard InChI is InChI=1S/C20H26N4O2S2/c1-22-19(13-16-9-12-28(25,26)14-16)21-24(20(22)27)15-23-10-7-18(8-11-23)17-5-3-2-4-6-17/h2-7,16H,8-15H2,1H3/p+1/t16-/m0/s1. The molecule has 1 unspecified atom stereocenters. The van der Waals surface area contributed by atoms with Crippen LogP contribution in [0.15, 0.2) is 36.4 Å². The van der Waals surface area contributed by atoms with Crippen LogP contribution in [0, 0.1) is 10.7 Å². The second kappa shape index (κ2) is 7.93. The molecule has 3 heterocycles. The first-order valence-corrected chi connectivity index (χ1v) is 12.1. The molecule has 6 nitrogen and oxygen atoms in total. The molecular formula is C20H27N4O2S2+. The molecule has 4 rings (SSSR count). The van der Waals surface area contributed by atoms with Gasteiger partial charge in [-0.2, -0.15) is 9.78 Å². The van der Waals surface area contributed by atoms with Crippen LogP contribution >= 0.6 is 12.2 Å². The van der Waals surface area contributed by atoms with Crippen LogP contribution < -0.4 is 4.90 Å². The molecule has 28 heavy (non-hydrogen) atoms. The molecule has 1 fully saturated rings. The van der Waals surface area contributed by atoms with E-state index in [0.29, 0.717) is 16.9 Å². The molecule has 2 aliphatic rings. The average Bonchev–Trinajstić information content (AvgIpc) is 3.17. The molecule has 2 atom stereocenters. The van der Waals surface area contributed by atoms with Gasteiger partial charge in [0.25, 0.3) is 0 Å². The first kappa shape index (κ1) is 19.5. The van der Waals surface area contributed by atoms with Crippen LogP contribution in [-0.2, 0) is 30.0 Å². The highest BCUT2D eigenvalue weighted by Crippen LogP contribution is 2.22. The van der Waals surface area contributed by atoms with Crippen LogP contribution in [0.1, 0.15) is 24.2 Å². The SMILES string of the molecule is Cn1c(C[C@@H]2CCS(=O)(=O)C2)nn(C[NH+]2CC=C(c3ccccc3)CC2)c1=S. The van der Waals surface area contributed by atoms with Gasteiger partial charge in [0.05, 0.1) is 24.6 Å². The molecule has 0 aliphatic carbocycles. The van der Waals surface area contributed by atoms with Crippen LogP contribution in [0.3, 0.4) is 0 Å². The summed E-state index contributed by atoms with van der Waals surface area (Å²) >= 11 is 5.58. The van der Waals surface area contributed by atoms with Crippen molar-refractivity contribution in [3.05, 3.63) is 52.6 Å². The van der Waals surface area contributed by atoms with E-state index >= 15 is 0 Å². The predicted octanol–water partition coefficient (Wildman–Crippen LogP) is 1.26. The Morgan fingerprint density at radius 2 is 2.07 bits per heavy atom. The summed E-state index contributed by atoms with van der Waals surface area (Å²) in [5, 5.41) is 4.73. The third-order valence-electron chi connectivity index (χ3n) is 5.83. The molecule has 1 N–H and O–H groups in total. The maximum absolute atomic E-state index is 11.7. The van der Waals surface area contributed by atoms with Crippen molar-refractivity contribution in [3.63, 3.8) is 0 Å². The Kier molecular flexibility index (Phi) is 5.53. The van der Waals surface area contributed by atoms with Gasteiger partial charge in [-0.05, 0) is 41.8 Å². The summed E-state index contributed by atoms with van der Waals surface area (Å²) < 4.78 is 28.0. The van der Waals surface area contributed by atoms with Crippen molar-refractivity contribution in [2.75, 3.05) is 24.6 Å². The monoisotopic (exact) mass is 419 g/mol. The van der Waals surface area contributed by atoms with Gasteiger partial charge in [0.2, 0.25) is 4.77 Å². The minimum atomic E-state index is -2.86. The summed E-state index contributed by atoms with van der Waals surface area (Å²) in [6, 6.07) is 10.5. The highest BCUT2D eigenvalue weighted by atomic mass is 32.2. The second-order valence-electron chi connectivity index (χ2n) is 7.94. The van der Waals surface area contributed by atoms with Gasteiger partial charge in [-0.3, -0.25) is 0 Å². The lowest BCUT2D eigenvalue weighted by Crippen LogP contribution is -3.11. The van der Waals surface area contributed by atoms with Crippen molar-refractivity contribution in [3.8, 4) is 0 Å². The first-order chi connectivity index (χ1) is 13.4. The Bertz CT molecular complexity index is 1040. The number of benzene rings is 1. The Balaban J connectivity index is 1.42. The molecule has 8 heteroatoms. The van der Waals surface area contributed by atoms with E-state index in [0.717, 1.165) is 38.4 Å². The summed E-state index contributed by atoms with van der Waals surface area (Å²) in [5.41, 5.74) is 2.72. The summed E-state index contributed by atoms with van der Waals surface area (Å²) in [6.07, 6.45) is 4.78. The van der Waals surface area contributed by atoms with E-state index in [4.69, 9.17) is 17.3 Å². The molecule has 150 valence electrons. The van der Waals surface area contributed by atoms with E-state index < -0.39 is 9.84 Å². The Hall–Kier alpha value is -1.77. The second-order valence-corrected chi connectivity index (χ2v) is 10.5. The van der Waals surface area contributed by atoms with E-state index in [9.17, 15) is 8.42 Å². The number of nitrogens with one attached hydrogen (secondary N) is 1. The number of nitrogens with zero attached hydrogens (tertiary/aromatic N) is 3. The van der Waals surface area contributed by atoms with Crippen LogP contribution in [0.4, 0.5) is 0 Å². The van der Waals surface area contributed by atoms with E-state index in [-0.39, 0.29) is 11.7 Å². The van der Waals surface area contributed by atoms with Gasteiger partial charge in [0, 0.05) is 19.9 Å². The van der Waals surface area contributed by atoms with Crippen molar-refractivity contribution in [2.45, 2.75) is 25.9 Å². The lowest BCUT2D eigenvalue weighted by atomic mass is 10.00. The van der Waals surface area contributed by atoms with E-state index in [1.165, 1.54) is 16.0 Å². The summed E-state index contributed by atoms with van der Waals surface area (Å²) in [4.78, 5) is 1.43. The lowest BCUT2D eigenvalue weighted by molar-refractivity contribution is -0.918. The fourth-order valence-electron chi connectivity index (χ4n) is 4.16. The van der Waals surface area contributed by atoms with E-state index in [1.54, 1.807) is 0 Å². The Labute approximate surface area is 171 Å². The van der Waals surface area contributed by atoms with Crippen molar-refractivity contribution in [2.24, 2.45) is 13.0 Å². The zero-order valence-electron chi connectivity index (χ0n) is 16.2. The number of hydrogen-bond acceptors (Lipinski definition) is 4. The normalized spacial score (nSPS) is 24.2. The molecule has 0 saturated carbocycles. The molecule has 2 aromatic rings. The zero-order chi connectivity index (χ0) is 19.7. The largest absolute Gasteiger partial charge is 0.313 e. The summed E-state index contributed by atoms with van der Waals surface area (Å²) in [6.45, 7) is 2.75. The van der Waals surface area contributed by atoms with Crippen molar-refractivity contribution >= 4 is 27.6 Å². The van der Waals surface area contributed by atoms with E-state index in [2.05, 4.69) is 30.3 Å². The Morgan fingerprint density at radius 1 is 1.29 bits per heavy atom. The predicted molar refractivity (Wildman–Crippen MR) is 112 cm³/mol. The van der Waals surface area contributed by atoms with Gasteiger partial charge in [-0.25, -0.2) is 8.42 Å². The first-order valence-electron chi connectivity index (χ1n) is 9.82. The lowest BCUT2D eigenvalue weighted by Gasteiger charge is -2.23. The van der Waals surface area contributed by atoms with Crippen LogP contribution in [0.25, 0.3) is 5.57 Å². The highest BCUT2D eigenvalue weighted by molar-refractivity contribution is 7.91. The highest BCUT2D eigenvalue weighted by Gasteiger charge is 2.29. The number of aromatic nitrogens is 3. The molecule has 1 aromatic heterocycles. The average molecular weight is 420 g/mol. The van der Waals surface area contributed by atoms with Gasteiger partial charge >= 0.3 is 0 Å². The van der Waals surface area contributed by atoms with Gasteiger partial charge in [0.1, 0.15) is 5.82 Å². The maximum Gasteiger partial charge on any atom is 0.202 e. The van der Waals surface area contributed by atoms with E-state index in [1.807, 2.05) is 22.4 Å². The molecular weight excluding hydrogens is 392 g/mol. The van der Waals surface area contributed by atoms with Gasteiger partial charge in [-0.15, -0.1) is 0 Å². The fraction of sp³-hybridized carbons (Fsp3) is 0.500. The molecule has 0 amide bonds. The number of hydrogen-bond donors (Lipinski definition) is 1.